The maximum atomic E-state index is 11.4. The van der Waals surface area contributed by atoms with Gasteiger partial charge in [0.1, 0.15) is 5.78 Å². The second kappa shape index (κ2) is 5.87. The van der Waals surface area contributed by atoms with E-state index in [-0.39, 0.29) is 17.2 Å². The zero-order valence-electron chi connectivity index (χ0n) is 13.3. The first-order valence-electron chi connectivity index (χ1n) is 6.95. The molecule has 0 spiro atoms. The molecule has 0 aliphatic heterocycles. The Balaban J connectivity index is 3.26. The molecule has 0 saturated heterocycles. The third kappa shape index (κ3) is 3.90. The third-order valence-electron chi connectivity index (χ3n) is 3.65. The van der Waals surface area contributed by atoms with E-state index in [2.05, 4.69) is 52.1 Å². The highest BCUT2D eigenvalue weighted by Crippen LogP contribution is 2.30. The highest BCUT2D eigenvalue weighted by molar-refractivity contribution is 5.76. The van der Waals surface area contributed by atoms with Gasteiger partial charge in [-0.1, -0.05) is 32.9 Å². The van der Waals surface area contributed by atoms with Gasteiger partial charge in [0.2, 0.25) is 0 Å². The second-order valence-electron chi connectivity index (χ2n) is 6.52. The van der Waals surface area contributed by atoms with Crippen LogP contribution in [-0.4, -0.2) is 12.8 Å². The van der Waals surface area contributed by atoms with E-state index in [1.54, 1.807) is 6.92 Å². The van der Waals surface area contributed by atoms with Crippen LogP contribution in [-0.2, 0) is 10.2 Å². The van der Waals surface area contributed by atoms with Crippen LogP contribution >= 0.6 is 0 Å². The van der Waals surface area contributed by atoms with Gasteiger partial charge in [-0.05, 0) is 55.5 Å². The highest BCUT2D eigenvalue weighted by Gasteiger charge is 2.20. The molecule has 1 aromatic rings. The van der Waals surface area contributed by atoms with E-state index < -0.39 is 0 Å². The van der Waals surface area contributed by atoms with E-state index >= 15 is 0 Å². The topological polar surface area (TPSA) is 29.1 Å². The van der Waals surface area contributed by atoms with Crippen molar-refractivity contribution in [2.75, 3.05) is 7.05 Å². The normalized spacial score (nSPS) is 13.4. The van der Waals surface area contributed by atoms with Gasteiger partial charge >= 0.3 is 0 Å². The smallest absolute Gasteiger partial charge is 0.131 e. The average Bonchev–Trinajstić information content (AvgIpc) is 2.24. The maximum Gasteiger partial charge on any atom is 0.131 e. The quantitative estimate of drug-likeness (QED) is 0.892. The molecule has 1 unspecified atom stereocenters. The third-order valence-corrected chi connectivity index (χ3v) is 3.65. The van der Waals surface area contributed by atoms with Crippen molar-refractivity contribution >= 4 is 5.78 Å². The fourth-order valence-electron chi connectivity index (χ4n) is 2.59. The molecule has 0 aliphatic carbocycles. The van der Waals surface area contributed by atoms with Crippen molar-refractivity contribution in [3.8, 4) is 0 Å². The van der Waals surface area contributed by atoms with E-state index in [0.717, 1.165) is 0 Å². The summed E-state index contributed by atoms with van der Waals surface area (Å²) in [5.74, 6) is 0.220. The molecule has 0 amide bonds. The summed E-state index contributed by atoms with van der Waals surface area (Å²) in [5.41, 5.74) is 5.31. The van der Waals surface area contributed by atoms with Crippen molar-refractivity contribution in [1.82, 2.24) is 5.32 Å². The number of hydrogen-bond acceptors (Lipinski definition) is 2. The van der Waals surface area contributed by atoms with Crippen LogP contribution < -0.4 is 5.32 Å². The van der Waals surface area contributed by atoms with Gasteiger partial charge < -0.3 is 5.32 Å². The summed E-state index contributed by atoms with van der Waals surface area (Å²) in [5, 5.41) is 3.27. The minimum atomic E-state index is 0.117. The van der Waals surface area contributed by atoms with Crippen LogP contribution in [0.5, 0.6) is 0 Å². The number of nitrogens with one attached hydrogen (secondary N) is 1. The molecule has 0 saturated carbocycles. The van der Waals surface area contributed by atoms with Crippen molar-refractivity contribution in [2.45, 2.75) is 59.4 Å². The Morgan fingerprint density at radius 3 is 2.00 bits per heavy atom. The number of hydrogen-bond donors (Lipinski definition) is 1. The molecule has 1 atom stereocenters. The lowest BCUT2D eigenvalue weighted by atomic mass is 9.82. The molecule has 2 nitrogen and oxygen atoms in total. The van der Waals surface area contributed by atoms with Crippen molar-refractivity contribution in [3.05, 3.63) is 34.4 Å². The number of ketones is 1. The van der Waals surface area contributed by atoms with Crippen molar-refractivity contribution in [2.24, 2.45) is 0 Å². The number of carbonyl (C=O) groups is 1. The summed E-state index contributed by atoms with van der Waals surface area (Å²) in [4.78, 5) is 11.4. The van der Waals surface area contributed by atoms with Gasteiger partial charge in [0.25, 0.3) is 0 Å². The first-order chi connectivity index (χ1) is 8.66. The number of Topliss-reactive ketones (excluding diaryl/α,β-unsaturated/α-hetero) is 1. The van der Waals surface area contributed by atoms with Crippen LogP contribution in [0, 0.1) is 13.8 Å². The first kappa shape index (κ1) is 15.9. The van der Waals surface area contributed by atoms with Crippen LogP contribution in [0.15, 0.2) is 12.1 Å². The maximum absolute atomic E-state index is 11.4. The molecule has 0 aromatic heterocycles. The van der Waals surface area contributed by atoms with E-state index in [4.69, 9.17) is 0 Å². The van der Waals surface area contributed by atoms with Gasteiger partial charge in [-0.25, -0.2) is 0 Å². The van der Waals surface area contributed by atoms with Crippen LogP contribution in [0.2, 0.25) is 0 Å². The lowest BCUT2D eigenvalue weighted by Gasteiger charge is -2.25. The first-order valence-corrected chi connectivity index (χ1v) is 6.95. The minimum absolute atomic E-state index is 0.117. The van der Waals surface area contributed by atoms with Crippen molar-refractivity contribution in [1.29, 1.82) is 0 Å². The fraction of sp³-hybridized carbons (Fsp3) is 0.588. The molecule has 106 valence electrons. The molecule has 1 rings (SSSR count). The Morgan fingerprint density at radius 1 is 1.21 bits per heavy atom. The zero-order chi connectivity index (χ0) is 14.8. The van der Waals surface area contributed by atoms with Gasteiger partial charge in [0.15, 0.2) is 0 Å². The van der Waals surface area contributed by atoms with Crippen molar-refractivity contribution in [3.63, 3.8) is 0 Å². The molecule has 1 aromatic carbocycles. The Labute approximate surface area is 117 Å². The van der Waals surface area contributed by atoms with Crippen LogP contribution in [0.4, 0.5) is 0 Å². The molecular formula is C17H27NO. The molecule has 0 fully saturated rings. The van der Waals surface area contributed by atoms with E-state index in [1.807, 2.05) is 7.05 Å². The van der Waals surface area contributed by atoms with Gasteiger partial charge in [-0.2, -0.15) is 0 Å². The van der Waals surface area contributed by atoms with Crippen LogP contribution in [0.25, 0.3) is 0 Å². The summed E-state index contributed by atoms with van der Waals surface area (Å²) in [7, 11) is 1.92. The summed E-state index contributed by atoms with van der Waals surface area (Å²) in [6.45, 7) is 12.6. The SMILES string of the molecule is CNC(CC(C)=O)c1c(C)cc(C(C)(C)C)cc1C. The Hall–Kier alpha value is -1.15. The molecule has 0 radical (unpaired) electrons. The highest BCUT2D eigenvalue weighted by atomic mass is 16.1. The van der Waals surface area contributed by atoms with Gasteiger partial charge in [0.05, 0.1) is 0 Å². The van der Waals surface area contributed by atoms with Crippen LogP contribution in [0.1, 0.15) is 62.4 Å². The second-order valence-corrected chi connectivity index (χ2v) is 6.52. The molecular weight excluding hydrogens is 234 g/mol. The molecule has 2 heteroatoms. The number of carbonyl (C=O) groups excluding carboxylic acids is 1. The number of aryl methyl sites for hydroxylation is 2. The van der Waals surface area contributed by atoms with E-state index in [9.17, 15) is 4.79 Å². The number of benzene rings is 1. The average molecular weight is 261 g/mol. The monoisotopic (exact) mass is 261 g/mol. The van der Waals surface area contributed by atoms with Crippen LogP contribution in [0.3, 0.4) is 0 Å². The predicted molar refractivity (Wildman–Crippen MR) is 81.7 cm³/mol. The summed E-state index contributed by atoms with van der Waals surface area (Å²) in [6, 6.07) is 4.63. The molecule has 0 aliphatic rings. The zero-order valence-corrected chi connectivity index (χ0v) is 13.3. The standard InChI is InChI=1S/C17H27NO/c1-11-8-14(17(4,5)6)9-12(2)16(11)15(18-7)10-13(3)19/h8-9,15,18H,10H2,1-7H3. The largest absolute Gasteiger partial charge is 0.313 e. The Bertz CT molecular complexity index is 446. The Morgan fingerprint density at radius 2 is 1.68 bits per heavy atom. The van der Waals surface area contributed by atoms with Gasteiger partial charge in [-0.3, -0.25) is 4.79 Å². The molecule has 0 bridgehead atoms. The summed E-state index contributed by atoms with van der Waals surface area (Å²) >= 11 is 0. The summed E-state index contributed by atoms with van der Waals surface area (Å²) in [6.07, 6.45) is 0.549. The van der Waals surface area contributed by atoms with Crippen molar-refractivity contribution < 1.29 is 4.79 Å². The molecule has 0 heterocycles. The van der Waals surface area contributed by atoms with Gasteiger partial charge in [0, 0.05) is 12.5 Å². The van der Waals surface area contributed by atoms with Gasteiger partial charge in [-0.15, -0.1) is 0 Å². The lowest BCUT2D eigenvalue weighted by molar-refractivity contribution is -0.117. The minimum Gasteiger partial charge on any atom is -0.313 e. The number of rotatable bonds is 4. The fourth-order valence-corrected chi connectivity index (χ4v) is 2.59. The van der Waals surface area contributed by atoms with E-state index in [1.165, 1.54) is 22.3 Å². The molecule has 1 N–H and O–H groups in total. The molecule has 19 heavy (non-hydrogen) atoms. The predicted octanol–water partition coefficient (Wildman–Crippen LogP) is 3.84. The van der Waals surface area contributed by atoms with E-state index in [0.29, 0.717) is 6.42 Å². The summed E-state index contributed by atoms with van der Waals surface area (Å²) < 4.78 is 0. The Kier molecular flexibility index (Phi) is 4.92. The lowest BCUT2D eigenvalue weighted by Crippen LogP contribution is -2.22.